The molecule has 0 fully saturated rings. The van der Waals surface area contributed by atoms with E-state index in [0.717, 1.165) is 11.3 Å². The molecule has 0 saturated heterocycles. The number of ether oxygens (including phenoxy) is 1. The molecule has 0 aliphatic carbocycles. The summed E-state index contributed by atoms with van der Waals surface area (Å²) in [7, 11) is 1.60. The van der Waals surface area contributed by atoms with Crippen LogP contribution in [0.25, 0.3) is 0 Å². The molecular formula is C20H22N2O5. The molecule has 0 radical (unpaired) electrons. The van der Waals surface area contributed by atoms with Crippen LogP contribution in [-0.4, -0.2) is 36.0 Å². The van der Waals surface area contributed by atoms with Gasteiger partial charge in [0.15, 0.2) is 0 Å². The Morgan fingerprint density at radius 3 is 2.44 bits per heavy atom. The summed E-state index contributed by atoms with van der Waals surface area (Å²) in [5.41, 5.74) is 1.88. The van der Waals surface area contributed by atoms with E-state index in [1.54, 1.807) is 19.2 Å². The van der Waals surface area contributed by atoms with Crippen LogP contribution in [0, 0.1) is 0 Å². The number of carboxylic acids is 1. The third-order valence-corrected chi connectivity index (χ3v) is 3.92. The molecule has 1 unspecified atom stereocenters. The highest BCUT2D eigenvalue weighted by Gasteiger charge is 2.15. The average Bonchev–Trinajstić information content (AvgIpc) is 2.67. The first kappa shape index (κ1) is 20.0. The molecule has 0 aliphatic heterocycles. The number of methoxy groups -OCH3 is 1. The Morgan fingerprint density at radius 2 is 1.81 bits per heavy atom. The van der Waals surface area contributed by atoms with Crippen molar-refractivity contribution in [2.45, 2.75) is 25.8 Å². The van der Waals surface area contributed by atoms with E-state index in [2.05, 4.69) is 10.6 Å². The Morgan fingerprint density at radius 1 is 1.11 bits per heavy atom. The van der Waals surface area contributed by atoms with Crippen LogP contribution in [-0.2, 0) is 16.0 Å². The molecule has 0 spiro atoms. The van der Waals surface area contributed by atoms with Gasteiger partial charge in [0.1, 0.15) is 11.8 Å². The number of hydrogen-bond donors (Lipinski definition) is 3. The number of rotatable bonds is 8. The molecule has 142 valence electrons. The first-order valence-corrected chi connectivity index (χ1v) is 8.45. The monoisotopic (exact) mass is 370 g/mol. The summed E-state index contributed by atoms with van der Waals surface area (Å²) >= 11 is 0. The summed E-state index contributed by atoms with van der Waals surface area (Å²) in [6.07, 6.45) is 0.891. The van der Waals surface area contributed by atoms with Gasteiger partial charge in [-0.25, -0.2) is 0 Å². The van der Waals surface area contributed by atoms with Crippen LogP contribution in [0.15, 0.2) is 48.5 Å². The summed E-state index contributed by atoms with van der Waals surface area (Å²) in [4.78, 5) is 34.8. The number of carbonyl (C=O) groups excluding carboxylic acids is 2. The zero-order valence-corrected chi connectivity index (χ0v) is 15.2. The summed E-state index contributed by atoms with van der Waals surface area (Å²) in [6.45, 7) is 1.39. The van der Waals surface area contributed by atoms with E-state index in [1.165, 1.54) is 19.1 Å². The van der Waals surface area contributed by atoms with Crippen molar-refractivity contribution in [3.05, 3.63) is 59.7 Å². The molecule has 0 bridgehead atoms. The van der Waals surface area contributed by atoms with Gasteiger partial charge in [0, 0.05) is 17.7 Å². The summed E-state index contributed by atoms with van der Waals surface area (Å²) in [6, 6.07) is 12.8. The minimum Gasteiger partial charge on any atom is -0.497 e. The lowest BCUT2D eigenvalue weighted by Gasteiger charge is -2.10. The molecule has 0 aromatic heterocycles. The number of hydrogen-bond acceptors (Lipinski definition) is 4. The molecule has 0 aliphatic rings. The van der Waals surface area contributed by atoms with Gasteiger partial charge in [-0.15, -0.1) is 0 Å². The van der Waals surface area contributed by atoms with Crippen molar-refractivity contribution in [2.24, 2.45) is 0 Å². The van der Waals surface area contributed by atoms with Gasteiger partial charge >= 0.3 is 5.97 Å². The van der Waals surface area contributed by atoms with Gasteiger partial charge in [-0.2, -0.15) is 0 Å². The van der Waals surface area contributed by atoms with Crippen LogP contribution in [0.4, 0.5) is 5.69 Å². The van der Waals surface area contributed by atoms with Crippen LogP contribution < -0.4 is 15.4 Å². The summed E-state index contributed by atoms with van der Waals surface area (Å²) < 4.78 is 5.16. The third-order valence-electron chi connectivity index (χ3n) is 3.92. The molecule has 2 aromatic rings. The topological polar surface area (TPSA) is 105 Å². The Labute approximate surface area is 157 Å². The third kappa shape index (κ3) is 6.14. The lowest BCUT2D eigenvalue weighted by atomic mass is 10.1. The number of benzene rings is 2. The molecule has 7 heteroatoms. The second kappa shape index (κ2) is 9.38. The van der Waals surface area contributed by atoms with Crippen LogP contribution in [0.2, 0.25) is 0 Å². The zero-order chi connectivity index (χ0) is 19.8. The van der Waals surface area contributed by atoms with Gasteiger partial charge in [0.25, 0.3) is 5.91 Å². The maximum atomic E-state index is 12.1. The maximum absolute atomic E-state index is 12.1. The van der Waals surface area contributed by atoms with E-state index in [-0.39, 0.29) is 5.91 Å². The Kier molecular flexibility index (Phi) is 6.93. The molecule has 0 saturated carbocycles. The zero-order valence-electron chi connectivity index (χ0n) is 15.2. The minimum atomic E-state index is -1.11. The minimum absolute atomic E-state index is 0.144. The highest BCUT2D eigenvalue weighted by molar-refractivity contribution is 5.97. The van der Waals surface area contributed by atoms with Gasteiger partial charge < -0.3 is 20.5 Å². The van der Waals surface area contributed by atoms with E-state index in [1.807, 2.05) is 24.3 Å². The van der Waals surface area contributed by atoms with Crippen molar-refractivity contribution in [1.29, 1.82) is 0 Å². The SMILES string of the molecule is COc1cccc(CCC(=O)Nc2ccc(C(=O)NC(C)C(=O)O)cc2)c1. The smallest absolute Gasteiger partial charge is 0.325 e. The highest BCUT2D eigenvalue weighted by Crippen LogP contribution is 2.15. The fourth-order valence-electron chi connectivity index (χ4n) is 2.36. The number of carboxylic acid groups (broad SMARTS) is 1. The molecule has 2 amide bonds. The Hall–Kier alpha value is -3.35. The average molecular weight is 370 g/mol. The number of aliphatic carboxylic acids is 1. The Balaban J connectivity index is 1.87. The fraction of sp³-hybridized carbons (Fsp3) is 0.250. The van der Waals surface area contributed by atoms with Gasteiger partial charge in [-0.3, -0.25) is 14.4 Å². The van der Waals surface area contributed by atoms with E-state index in [9.17, 15) is 14.4 Å². The van der Waals surface area contributed by atoms with E-state index in [4.69, 9.17) is 9.84 Å². The van der Waals surface area contributed by atoms with Crippen molar-refractivity contribution in [2.75, 3.05) is 12.4 Å². The molecule has 2 rings (SSSR count). The van der Waals surface area contributed by atoms with Gasteiger partial charge in [-0.1, -0.05) is 12.1 Å². The quantitative estimate of drug-likeness (QED) is 0.662. The lowest BCUT2D eigenvalue weighted by molar-refractivity contribution is -0.138. The first-order chi connectivity index (χ1) is 12.9. The number of amides is 2. The normalized spacial score (nSPS) is 11.3. The fourth-order valence-corrected chi connectivity index (χ4v) is 2.36. The van der Waals surface area contributed by atoms with Crippen molar-refractivity contribution < 1.29 is 24.2 Å². The van der Waals surface area contributed by atoms with Gasteiger partial charge in [-0.05, 0) is 55.3 Å². The molecule has 27 heavy (non-hydrogen) atoms. The van der Waals surface area contributed by atoms with E-state index >= 15 is 0 Å². The molecular weight excluding hydrogens is 348 g/mol. The molecule has 2 aromatic carbocycles. The second-order valence-electron chi connectivity index (χ2n) is 6.01. The Bertz CT molecular complexity index is 817. The first-order valence-electron chi connectivity index (χ1n) is 8.45. The van der Waals surface area contributed by atoms with Crippen LogP contribution in [0.1, 0.15) is 29.3 Å². The molecule has 3 N–H and O–H groups in total. The summed E-state index contributed by atoms with van der Waals surface area (Å²) in [5.74, 6) is -0.988. The maximum Gasteiger partial charge on any atom is 0.325 e. The number of nitrogens with one attached hydrogen (secondary N) is 2. The van der Waals surface area contributed by atoms with Crippen molar-refractivity contribution in [1.82, 2.24) is 5.32 Å². The predicted molar refractivity (Wildman–Crippen MR) is 101 cm³/mol. The molecule has 0 heterocycles. The lowest BCUT2D eigenvalue weighted by Crippen LogP contribution is -2.38. The van der Waals surface area contributed by atoms with Crippen molar-refractivity contribution in [3.8, 4) is 5.75 Å². The van der Waals surface area contributed by atoms with E-state index in [0.29, 0.717) is 24.1 Å². The van der Waals surface area contributed by atoms with Crippen molar-refractivity contribution in [3.63, 3.8) is 0 Å². The summed E-state index contributed by atoms with van der Waals surface area (Å²) in [5, 5.41) is 14.0. The number of aryl methyl sites for hydroxylation is 1. The van der Waals surface area contributed by atoms with Gasteiger partial charge in [0.05, 0.1) is 7.11 Å². The number of anilines is 1. The van der Waals surface area contributed by atoms with Crippen LogP contribution >= 0.6 is 0 Å². The van der Waals surface area contributed by atoms with Crippen molar-refractivity contribution >= 4 is 23.5 Å². The standard InChI is InChI=1S/C20H22N2O5/c1-13(20(25)26)21-19(24)15-7-9-16(10-8-15)22-18(23)11-6-14-4-3-5-17(12-14)27-2/h3-5,7-10,12-13H,6,11H2,1-2H3,(H,21,24)(H,22,23)(H,25,26). The largest absolute Gasteiger partial charge is 0.497 e. The highest BCUT2D eigenvalue weighted by atomic mass is 16.5. The molecule has 7 nitrogen and oxygen atoms in total. The van der Waals surface area contributed by atoms with E-state index < -0.39 is 17.9 Å². The second-order valence-corrected chi connectivity index (χ2v) is 6.01. The predicted octanol–water partition coefficient (Wildman–Crippen LogP) is 2.47. The van der Waals surface area contributed by atoms with Gasteiger partial charge in [0.2, 0.25) is 5.91 Å². The molecule has 1 atom stereocenters. The van der Waals surface area contributed by atoms with Crippen LogP contribution in [0.3, 0.4) is 0 Å². The van der Waals surface area contributed by atoms with Crippen LogP contribution in [0.5, 0.6) is 5.75 Å². The number of carbonyl (C=O) groups is 3.